The van der Waals surface area contributed by atoms with Gasteiger partial charge in [0.1, 0.15) is 6.54 Å². The normalized spacial score (nSPS) is 12.6. The van der Waals surface area contributed by atoms with Crippen molar-refractivity contribution in [2.45, 2.75) is 187 Å². The lowest BCUT2D eigenvalue weighted by atomic mass is 10.0. The number of ether oxygens (including phenoxy) is 2. The zero-order valence-electron chi connectivity index (χ0n) is 28.3. The van der Waals surface area contributed by atoms with Gasteiger partial charge in [-0.15, -0.1) is 0 Å². The van der Waals surface area contributed by atoms with Gasteiger partial charge in [0.15, 0.2) is 6.10 Å². The summed E-state index contributed by atoms with van der Waals surface area (Å²) in [6.07, 6.45) is 33.8. The Bertz CT molecular complexity index is 517. The largest absolute Gasteiger partial charge is 0.454 e. The van der Waals surface area contributed by atoms with E-state index in [1.807, 2.05) is 0 Å². The molecule has 0 aromatic heterocycles. The molecule has 0 aromatic carbocycles. The predicted octanol–water partition coefficient (Wildman–Crippen LogP) is 10.8. The molecule has 1 atom stereocenters. The van der Waals surface area contributed by atoms with Gasteiger partial charge in [-0.2, -0.15) is 0 Å². The van der Waals surface area contributed by atoms with Crippen molar-refractivity contribution in [3.05, 3.63) is 0 Å². The smallest absolute Gasteiger partial charge is 0.306 e. The zero-order valence-corrected chi connectivity index (χ0v) is 28.3. The zero-order chi connectivity index (χ0) is 29.6. The van der Waals surface area contributed by atoms with Gasteiger partial charge in [0.25, 0.3) is 0 Å². The van der Waals surface area contributed by atoms with Crippen LogP contribution in [0.2, 0.25) is 0 Å². The second-order valence-electron chi connectivity index (χ2n) is 13.5. The van der Waals surface area contributed by atoms with E-state index in [1.165, 1.54) is 141 Å². The predicted molar refractivity (Wildman–Crippen MR) is 175 cm³/mol. The molecule has 0 fully saturated rings. The summed E-state index contributed by atoms with van der Waals surface area (Å²) in [4.78, 5) is 12.5. The monoisotopic (exact) mass is 569 g/mol. The first kappa shape index (κ1) is 39.4. The van der Waals surface area contributed by atoms with Crippen LogP contribution in [-0.2, 0) is 14.3 Å². The maximum absolute atomic E-state index is 12.5. The topological polar surface area (TPSA) is 35.5 Å². The lowest BCUT2D eigenvalue weighted by Gasteiger charge is -2.29. The first-order valence-corrected chi connectivity index (χ1v) is 18.0. The molecule has 40 heavy (non-hydrogen) atoms. The molecule has 0 saturated heterocycles. The summed E-state index contributed by atoms with van der Waals surface area (Å²) < 4.78 is 12.6. The van der Waals surface area contributed by atoms with Crippen molar-refractivity contribution >= 4 is 5.97 Å². The Balaban J connectivity index is 3.73. The minimum absolute atomic E-state index is 0.0457. The van der Waals surface area contributed by atoms with Crippen molar-refractivity contribution in [2.24, 2.45) is 0 Å². The molecule has 4 nitrogen and oxygen atoms in total. The summed E-state index contributed by atoms with van der Waals surface area (Å²) in [6, 6.07) is 0. The van der Waals surface area contributed by atoms with E-state index < -0.39 is 0 Å². The molecule has 0 aliphatic rings. The molecule has 4 heteroatoms. The van der Waals surface area contributed by atoms with E-state index in [1.54, 1.807) is 0 Å². The second kappa shape index (κ2) is 29.9. The van der Waals surface area contributed by atoms with E-state index >= 15 is 0 Å². The van der Waals surface area contributed by atoms with E-state index in [0.717, 1.165) is 36.9 Å². The van der Waals surface area contributed by atoms with Crippen LogP contribution in [0.3, 0.4) is 0 Å². The van der Waals surface area contributed by atoms with Gasteiger partial charge >= 0.3 is 5.97 Å². The summed E-state index contributed by atoms with van der Waals surface area (Å²) in [5.41, 5.74) is 0. The minimum atomic E-state index is -0.146. The molecule has 0 spiro atoms. The van der Waals surface area contributed by atoms with Crippen molar-refractivity contribution in [1.82, 2.24) is 0 Å². The van der Waals surface area contributed by atoms with E-state index in [-0.39, 0.29) is 12.1 Å². The number of carbonyl (C=O) groups is 1. The number of carbonyl (C=O) groups excluding carboxylic acids is 1. The third-order valence-corrected chi connectivity index (χ3v) is 7.98. The minimum Gasteiger partial charge on any atom is -0.454 e. The Kier molecular flexibility index (Phi) is 29.4. The average Bonchev–Trinajstić information content (AvgIpc) is 2.90. The molecule has 0 heterocycles. The van der Waals surface area contributed by atoms with Crippen LogP contribution < -0.4 is 0 Å². The Morgan fingerprint density at radius 3 is 1.25 bits per heavy atom. The molecule has 0 radical (unpaired) electrons. The van der Waals surface area contributed by atoms with Gasteiger partial charge in [-0.1, -0.05) is 162 Å². The van der Waals surface area contributed by atoms with E-state index in [0.29, 0.717) is 13.0 Å². The Morgan fingerprint density at radius 1 is 0.525 bits per heavy atom. The average molecular weight is 569 g/mol. The van der Waals surface area contributed by atoms with Crippen LogP contribution in [-0.4, -0.2) is 57.5 Å². The van der Waals surface area contributed by atoms with Crippen molar-refractivity contribution in [2.75, 3.05) is 40.9 Å². The quantitative estimate of drug-likeness (QED) is 0.0460. The van der Waals surface area contributed by atoms with Crippen molar-refractivity contribution in [1.29, 1.82) is 0 Å². The number of esters is 1. The van der Waals surface area contributed by atoms with Crippen LogP contribution in [0, 0.1) is 0 Å². The van der Waals surface area contributed by atoms with Gasteiger partial charge in [0.2, 0.25) is 0 Å². The second-order valence-corrected chi connectivity index (χ2v) is 13.5. The van der Waals surface area contributed by atoms with Crippen LogP contribution in [0.4, 0.5) is 0 Å². The maximum atomic E-state index is 12.5. The summed E-state index contributed by atoms with van der Waals surface area (Å²) >= 11 is 0. The summed E-state index contributed by atoms with van der Waals surface area (Å²) in [6.45, 7) is 6.66. The molecule has 0 saturated carbocycles. The number of likely N-dealkylation sites (N-methyl/N-ethyl adjacent to an activating group) is 1. The fourth-order valence-electron chi connectivity index (χ4n) is 5.53. The molecule has 0 rings (SSSR count). The highest BCUT2D eigenvalue weighted by Crippen LogP contribution is 2.15. The lowest BCUT2D eigenvalue weighted by Crippen LogP contribution is -2.44. The Hall–Kier alpha value is -0.610. The number of hydrogen-bond donors (Lipinski definition) is 0. The van der Waals surface area contributed by atoms with Crippen molar-refractivity contribution in [3.63, 3.8) is 0 Å². The van der Waals surface area contributed by atoms with Gasteiger partial charge < -0.3 is 14.0 Å². The van der Waals surface area contributed by atoms with Gasteiger partial charge in [-0.05, 0) is 12.8 Å². The summed E-state index contributed by atoms with van der Waals surface area (Å²) in [5, 5.41) is 0. The molecule has 0 amide bonds. The molecule has 0 aromatic rings. The highest BCUT2D eigenvalue weighted by molar-refractivity contribution is 5.69. The molecule has 0 aliphatic carbocycles. The van der Waals surface area contributed by atoms with Crippen LogP contribution in [0.5, 0.6) is 0 Å². The molecule has 0 aliphatic heterocycles. The lowest BCUT2D eigenvalue weighted by molar-refractivity contribution is -0.873. The molecular weight excluding hydrogens is 494 g/mol. The number of quaternary nitrogens is 1. The SMILES string of the molecule is CCCCCCCCCCCCCCCCCC(=O)OC(COCCCCCCCCCCCC)C[N+](C)(C)C. The molecule has 0 bridgehead atoms. The fraction of sp³-hybridized carbons (Fsp3) is 0.972. The fourth-order valence-corrected chi connectivity index (χ4v) is 5.53. The molecule has 0 N–H and O–H groups in total. The third kappa shape index (κ3) is 31.9. The van der Waals surface area contributed by atoms with E-state index in [4.69, 9.17) is 9.47 Å². The van der Waals surface area contributed by atoms with Gasteiger partial charge in [0, 0.05) is 13.0 Å². The van der Waals surface area contributed by atoms with Crippen LogP contribution >= 0.6 is 0 Å². The van der Waals surface area contributed by atoms with Crippen LogP contribution in [0.25, 0.3) is 0 Å². The van der Waals surface area contributed by atoms with Gasteiger partial charge in [-0.3, -0.25) is 4.79 Å². The molecular formula is C36H74NO3+. The summed E-state index contributed by atoms with van der Waals surface area (Å²) in [7, 11) is 6.45. The van der Waals surface area contributed by atoms with Gasteiger partial charge in [-0.25, -0.2) is 0 Å². The van der Waals surface area contributed by atoms with Crippen LogP contribution in [0.1, 0.15) is 181 Å². The highest BCUT2D eigenvalue weighted by Gasteiger charge is 2.22. The number of nitrogens with zero attached hydrogens (tertiary/aromatic N) is 1. The first-order chi connectivity index (χ1) is 19.4. The van der Waals surface area contributed by atoms with Crippen molar-refractivity contribution < 1.29 is 18.8 Å². The summed E-state index contributed by atoms with van der Waals surface area (Å²) in [5.74, 6) is -0.0457. The van der Waals surface area contributed by atoms with Crippen LogP contribution in [0.15, 0.2) is 0 Å². The highest BCUT2D eigenvalue weighted by atomic mass is 16.6. The maximum Gasteiger partial charge on any atom is 0.306 e. The van der Waals surface area contributed by atoms with Gasteiger partial charge in [0.05, 0.1) is 27.7 Å². The van der Waals surface area contributed by atoms with E-state index in [9.17, 15) is 4.79 Å². The van der Waals surface area contributed by atoms with E-state index in [2.05, 4.69) is 35.0 Å². The standard InChI is InChI=1S/C36H74NO3/c1-6-8-10-12-14-16-18-19-20-21-22-23-25-27-29-31-36(38)40-35(33-37(3,4)5)34-39-32-30-28-26-24-17-15-13-11-9-7-2/h35H,6-34H2,1-5H3/q+1. The number of rotatable bonds is 32. The van der Waals surface area contributed by atoms with Crippen molar-refractivity contribution in [3.8, 4) is 0 Å². The molecule has 240 valence electrons. The third-order valence-electron chi connectivity index (χ3n) is 7.98. The first-order valence-electron chi connectivity index (χ1n) is 18.0. The molecule has 1 unspecified atom stereocenters. The Labute approximate surface area is 252 Å². The number of hydrogen-bond acceptors (Lipinski definition) is 3. The Morgan fingerprint density at radius 2 is 0.875 bits per heavy atom. The number of unbranched alkanes of at least 4 members (excludes halogenated alkanes) is 23.